The van der Waals surface area contributed by atoms with Gasteiger partial charge in [0.15, 0.2) is 5.78 Å². The van der Waals surface area contributed by atoms with E-state index in [-0.39, 0.29) is 22.9 Å². The number of benzene rings is 2. The smallest absolute Gasteiger partial charge is 0.268 e. The third kappa shape index (κ3) is 5.04. The number of aromatic nitrogens is 1. The third-order valence-corrected chi connectivity index (χ3v) is 6.57. The first kappa shape index (κ1) is 23.7. The Morgan fingerprint density at radius 1 is 0.971 bits per heavy atom. The van der Waals surface area contributed by atoms with Crippen LogP contribution in [0.4, 0.5) is 0 Å². The molecule has 2 aromatic carbocycles. The molecule has 176 valence electrons. The number of fused-ring (bicyclic) bond motifs is 1. The standard InChI is InChI=1S/C29H32N2O3/c1-19(2)22-14-16-23(17-15-22)31-26-10-7-11-27(32)24(26)18-25(29(31)34)28(33)30-20(3)12-13-21-8-5-4-6-9-21/h4-6,8-9,14-20H,7,10-13H2,1-3H3,(H,30,33)/t20-/m0/s1. The summed E-state index contributed by atoms with van der Waals surface area (Å²) in [6.07, 6.45) is 3.36. The summed E-state index contributed by atoms with van der Waals surface area (Å²) >= 11 is 0. The van der Waals surface area contributed by atoms with Crippen molar-refractivity contribution >= 4 is 11.7 Å². The molecule has 5 nitrogen and oxygen atoms in total. The van der Waals surface area contributed by atoms with Crippen molar-refractivity contribution in [3.8, 4) is 5.69 Å². The van der Waals surface area contributed by atoms with Crippen molar-refractivity contribution in [2.45, 2.75) is 64.8 Å². The average Bonchev–Trinajstić information content (AvgIpc) is 2.83. The Balaban J connectivity index is 1.65. The fourth-order valence-corrected chi connectivity index (χ4v) is 4.54. The van der Waals surface area contributed by atoms with Gasteiger partial charge in [-0.25, -0.2) is 0 Å². The summed E-state index contributed by atoms with van der Waals surface area (Å²) in [5.41, 5.74) is 3.89. The summed E-state index contributed by atoms with van der Waals surface area (Å²) in [6.45, 7) is 6.17. The van der Waals surface area contributed by atoms with Gasteiger partial charge in [0.2, 0.25) is 0 Å². The number of Topliss-reactive ketones (excluding diaryl/α,β-unsaturated/α-hetero) is 1. The lowest BCUT2D eigenvalue weighted by molar-refractivity contribution is 0.0936. The lowest BCUT2D eigenvalue weighted by Crippen LogP contribution is -2.39. The second kappa shape index (κ2) is 10.2. The molecule has 1 aliphatic carbocycles. The van der Waals surface area contributed by atoms with Crippen LogP contribution in [0.15, 0.2) is 65.5 Å². The van der Waals surface area contributed by atoms with Crippen LogP contribution in [0.1, 0.15) is 83.5 Å². The van der Waals surface area contributed by atoms with Crippen molar-refractivity contribution in [2.24, 2.45) is 0 Å². The minimum absolute atomic E-state index is 0.0139. The Bertz CT molecular complexity index is 1240. The van der Waals surface area contributed by atoms with E-state index in [1.807, 2.05) is 49.4 Å². The van der Waals surface area contributed by atoms with Crippen LogP contribution >= 0.6 is 0 Å². The van der Waals surface area contributed by atoms with Gasteiger partial charge in [-0.3, -0.25) is 19.0 Å². The highest BCUT2D eigenvalue weighted by atomic mass is 16.2. The van der Waals surface area contributed by atoms with Gasteiger partial charge in [-0.05, 0) is 67.9 Å². The Morgan fingerprint density at radius 2 is 1.68 bits per heavy atom. The Labute approximate surface area is 200 Å². The summed E-state index contributed by atoms with van der Waals surface area (Å²) in [6, 6.07) is 19.3. The molecule has 3 aromatic rings. The number of aryl methyl sites for hydroxylation is 1. The number of nitrogens with one attached hydrogen (secondary N) is 1. The van der Waals surface area contributed by atoms with E-state index in [1.54, 1.807) is 4.57 Å². The summed E-state index contributed by atoms with van der Waals surface area (Å²) in [7, 11) is 0. The van der Waals surface area contributed by atoms with E-state index in [0.29, 0.717) is 42.1 Å². The van der Waals surface area contributed by atoms with Gasteiger partial charge in [0.1, 0.15) is 5.56 Å². The molecule has 4 rings (SSSR count). The number of hydrogen-bond donors (Lipinski definition) is 1. The summed E-state index contributed by atoms with van der Waals surface area (Å²) in [4.78, 5) is 39.5. The van der Waals surface area contributed by atoms with Gasteiger partial charge in [-0.2, -0.15) is 0 Å². The number of ketones is 1. The molecule has 5 heteroatoms. The van der Waals surface area contributed by atoms with E-state index in [4.69, 9.17) is 0 Å². The molecule has 34 heavy (non-hydrogen) atoms. The van der Waals surface area contributed by atoms with Crippen LogP contribution in [0.3, 0.4) is 0 Å². The SMILES string of the molecule is CC(C)c1ccc(-n2c3c(cc(C(=O)N[C@@H](C)CCc4ccccc4)c2=O)C(=O)CCC3)cc1. The largest absolute Gasteiger partial charge is 0.349 e. The third-order valence-electron chi connectivity index (χ3n) is 6.57. The van der Waals surface area contributed by atoms with Gasteiger partial charge >= 0.3 is 0 Å². The molecule has 0 radical (unpaired) electrons. The van der Waals surface area contributed by atoms with Crippen LogP contribution in [0.2, 0.25) is 0 Å². The van der Waals surface area contributed by atoms with Crippen molar-refractivity contribution in [3.63, 3.8) is 0 Å². The minimum Gasteiger partial charge on any atom is -0.349 e. The summed E-state index contributed by atoms with van der Waals surface area (Å²) in [5, 5.41) is 2.97. The molecule has 0 spiro atoms. The number of amides is 1. The van der Waals surface area contributed by atoms with Crippen molar-refractivity contribution in [1.82, 2.24) is 9.88 Å². The molecule has 1 atom stereocenters. The van der Waals surface area contributed by atoms with Crippen molar-refractivity contribution < 1.29 is 9.59 Å². The summed E-state index contributed by atoms with van der Waals surface area (Å²) < 4.78 is 1.57. The highest BCUT2D eigenvalue weighted by Gasteiger charge is 2.26. The Morgan fingerprint density at radius 3 is 2.35 bits per heavy atom. The molecule has 1 N–H and O–H groups in total. The van der Waals surface area contributed by atoms with Gasteiger partial charge in [0, 0.05) is 29.4 Å². The molecule has 0 unspecified atom stereocenters. The topological polar surface area (TPSA) is 68.2 Å². The molecule has 0 aliphatic heterocycles. The summed E-state index contributed by atoms with van der Waals surface area (Å²) in [5.74, 6) is -0.0741. The fourth-order valence-electron chi connectivity index (χ4n) is 4.54. The van der Waals surface area contributed by atoms with Gasteiger partial charge in [-0.1, -0.05) is 56.3 Å². The quantitative estimate of drug-likeness (QED) is 0.529. The van der Waals surface area contributed by atoms with E-state index < -0.39 is 5.91 Å². The maximum absolute atomic E-state index is 13.6. The second-order valence-corrected chi connectivity index (χ2v) is 9.48. The number of hydrogen-bond acceptors (Lipinski definition) is 3. The van der Waals surface area contributed by atoms with E-state index in [1.165, 1.54) is 17.2 Å². The molecular weight excluding hydrogens is 424 g/mol. The predicted octanol–water partition coefficient (Wildman–Crippen LogP) is 5.23. The van der Waals surface area contributed by atoms with E-state index in [9.17, 15) is 14.4 Å². The molecule has 0 saturated heterocycles. The zero-order valence-electron chi connectivity index (χ0n) is 20.1. The zero-order chi connectivity index (χ0) is 24.2. The Kier molecular flexibility index (Phi) is 7.11. The Hall–Kier alpha value is -3.47. The maximum Gasteiger partial charge on any atom is 0.268 e. The fraction of sp³-hybridized carbons (Fsp3) is 0.345. The van der Waals surface area contributed by atoms with Crippen LogP contribution in [0.5, 0.6) is 0 Å². The van der Waals surface area contributed by atoms with E-state index in [0.717, 1.165) is 12.8 Å². The molecule has 1 aliphatic rings. The highest BCUT2D eigenvalue weighted by molar-refractivity contribution is 6.02. The number of pyridine rings is 1. The van der Waals surface area contributed by atoms with Crippen LogP contribution < -0.4 is 10.9 Å². The number of rotatable bonds is 7. The average molecular weight is 457 g/mol. The lowest BCUT2D eigenvalue weighted by Gasteiger charge is -2.22. The van der Waals surface area contributed by atoms with Crippen molar-refractivity contribution in [1.29, 1.82) is 0 Å². The molecule has 1 heterocycles. The van der Waals surface area contributed by atoms with Crippen LogP contribution in [-0.4, -0.2) is 22.3 Å². The van der Waals surface area contributed by atoms with Gasteiger partial charge in [0.05, 0.1) is 0 Å². The van der Waals surface area contributed by atoms with Crippen LogP contribution in [0, 0.1) is 0 Å². The van der Waals surface area contributed by atoms with Crippen molar-refractivity contribution in [3.05, 3.63) is 99.0 Å². The van der Waals surface area contributed by atoms with Crippen LogP contribution in [-0.2, 0) is 12.8 Å². The van der Waals surface area contributed by atoms with Gasteiger partial charge in [-0.15, -0.1) is 0 Å². The highest BCUT2D eigenvalue weighted by Crippen LogP contribution is 2.25. The predicted molar refractivity (Wildman–Crippen MR) is 135 cm³/mol. The van der Waals surface area contributed by atoms with E-state index >= 15 is 0 Å². The first-order valence-electron chi connectivity index (χ1n) is 12.1. The number of carbonyl (C=O) groups is 2. The molecular formula is C29H32N2O3. The molecule has 0 saturated carbocycles. The molecule has 0 bridgehead atoms. The van der Waals surface area contributed by atoms with Crippen LogP contribution in [0.25, 0.3) is 5.69 Å². The van der Waals surface area contributed by atoms with Gasteiger partial charge in [0.25, 0.3) is 11.5 Å². The molecule has 1 amide bonds. The minimum atomic E-state index is -0.431. The zero-order valence-corrected chi connectivity index (χ0v) is 20.1. The number of carbonyl (C=O) groups excluding carboxylic acids is 2. The number of nitrogens with zero attached hydrogens (tertiary/aromatic N) is 1. The normalized spacial score (nSPS) is 14.1. The van der Waals surface area contributed by atoms with Crippen molar-refractivity contribution in [2.75, 3.05) is 0 Å². The first-order valence-corrected chi connectivity index (χ1v) is 12.1. The molecule has 0 fully saturated rings. The van der Waals surface area contributed by atoms with E-state index in [2.05, 4.69) is 31.3 Å². The van der Waals surface area contributed by atoms with Gasteiger partial charge < -0.3 is 5.32 Å². The second-order valence-electron chi connectivity index (χ2n) is 9.48. The first-order chi connectivity index (χ1) is 16.3. The lowest BCUT2D eigenvalue weighted by atomic mass is 9.92. The monoisotopic (exact) mass is 456 g/mol. The maximum atomic E-state index is 13.6. The molecule has 1 aromatic heterocycles.